The number of carbonyl (C=O) groups is 1. The van der Waals surface area contributed by atoms with Gasteiger partial charge in [-0.25, -0.2) is 0 Å². The van der Waals surface area contributed by atoms with Gasteiger partial charge >= 0.3 is 0 Å². The highest BCUT2D eigenvalue weighted by Gasteiger charge is 2.13. The Morgan fingerprint density at radius 1 is 1.50 bits per heavy atom. The second-order valence-corrected chi connectivity index (χ2v) is 3.87. The second kappa shape index (κ2) is 6.16. The summed E-state index contributed by atoms with van der Waals surface area (Å²) in [7, 11) is 0. The van der Waals surface area contributed by atoms with Gasteiger partial charge in [-0.1, -0.05) is 19.1 Å². The van der Waals surface area contributed by atoms with E-state index in [0.717, 1.165) is 17.7 Å². The van der Waals surface area contributed by atoms with Crippen LogP contribution in [0.4, 0.5) is 0 Å². The zero-order chi connectivity index (χ0) is 12.0. The summed E-state index contributed by atoms with van der Waals surface area (Å²) >= 11 is 0. The summed E-state index contributed by atoms with van der Waals surface area (Å²) in [5.41, 5.74) is 1.12. The zero-order valence-electron chi connectivity index (χ0n) is 10.1. The standard InChI is InChI=1S/C13H19NO2/c1-4-8-14-13(15)11(3)16-12-7-5-6-10(2)9-12/h5-7,9,11H,4,8H2,1-3H3,(H,14,15)/t11-/m0/s1. The van der Waals surface area contributed by atoms with Gasteiger partial charge in [0.25, 0.3) is 5.91 Å². The first-order valence-corrected chi connectivity index (χ1v) is 5.64. The molecule has 16 heavy (non-hydrogen) atoms. The minimum absolute atomic E-state index is 0.0663. The van der Waals surface area contributed by atoms with Gasteiger partial charge in [-0.05, 0) is 38.0 Å². The van der Waals surface area contributed by atoms with Crippen LogP contribution in [-0.2, 0) is 4.79 Å². The molecule has 0 aliphatic carbocycles. The Kier molecular flexibility index (Phi) is 4.83. The molecule has 88 valence electrons. The highest BCUT2D eigenvalue weighted by atomic mass is 16.5. The van der Waals surface area contributed by atoms with Crippen LogP contribution in [0.2, 0.25) is 0 Å². The summed E-state index contributed by atoms with van der Waals surface area (Å²) in [6, 6.07) is 7.69. The number of hydrogen-bond acceptors (Lipinski definition) is 2. The molecule has 0 heterocycles. The fourth-order valence-electron chi connectivity index (χ4n) is 1.34. The monoisotopic (exact) mass is 221 g/mol. The van der Waals surface area contributed by atoms with E-state index < -0.39 is 6.10 Å². The van der Waals surface area contributed by atoms with Crippen molar-refractivity contribution in [3.05, 3.63) is 29.8 Å². The summed E-state index contributed by atoms with van der Waals surface area (Å²) < 4.78 is 5.54. The third-order valence-corrected chi connectivity index (χ3v) is 2.22. The molecule has 0 fully saturated rings. The number of hydrogen-bond donors (Lipinski definition) is 1. The summed E-state index contributed by atoms with van der Waals surface area (Å²) in [4.78, 5) is 11.6. The number of rotatable bonds is 5. The Morgan fingerprint density at radius 2 is 2.25 bits per heavy atom. The molecule has 1 amide bonds. The molecule has 1 rings (SSSR count). The molecule has 0 bridgehead atoms. The molecular formula is C13H19NO2. The Balaban J connectivity index is 2.50. The van der Waals surface area contributed by atoms with Gasteiger partial charge in [0, 0.05) is 6.54 Å². The van der Waals surface area contributed by atoms with Crippen LogP contribution in [0.15, 0.2) is 24.3 Å². The van der Waals surface area contributed by atoms with E-state index in [-0.39, 0.29) is 5.91 Å². The number of ether oxygens (including phenoxy) is 1. The molecule has 0 spiro atoms. The van der Waals surface area contributed by atoms with Crippen molar-refractivity contribution in [1.29, 1.82) is 0 Å². The molecule has 0 saturated heterocycles. The van der Waals surface area contributed by atoms with Gasteiger partial charge in [-0.2, -0.15) is 0 Å². The van der Waals surface area contributed by atoms with Crippen molar-refractivity contribution < 1.29 is 9.53 Å². The van der Waals surface area contributed by atoms with Crippen LogP contribution in [-0.4, -0.2) is 18.6 Å². The van der Waals surface area contributed by atoms with Crippen LogP contribution in [0.25, 0.3) is 0 Å². The van der Waals surface area contributed by atoms with Crippen LogP contribution in [0.1, 0.15) is 25.8 Å². The molecule has 1 atom stereocenters. The molecule has 0 radical (unpaired) electrons. The molecule has 0 unspecified atom stereocenters. The van der Waals surface area contributed by atoms with Crippen molar-refractivity contribution >= 4 is 5.91 Å². The summed E-state index contributed by atoms with van der Waals surface area (Å²) in [6.07, 6.45) is 0.483. The van der Waals surface area contributed by atoms with E-state index in [1.54, 1.807) is 6.92 Å². The maximum atomic E-state index is 11.6. The first-order chi connectivity index (χ1) is 7.63. The molecule has 3 heteroatoms. The average molecular weight is 221 g/mol. The largest absolute Gasteiger partial charge is 0.481 e. The van der Waals surface area contributed by atoms with Crippen molar-refractivity contribution in [3.8, 4) is 5.75 Å². The van der Waals surface area contributed by atoms with E-state index >= 15 is 0 Å². The van der Waals surface area contributed by atoms with Crippen LogP contribution in [0.5, 0.6) is 5.75 Å². The van der Waals surface area contributed by atoms with Gasteiger partial charge in [0.2, 0.25) is 0 Å². The number of carbonyl (C=O) groups excluding carboxylic acids is 1. The minimum Gasteiger partial charge on any atom is -0.481 e. The number of nitrogens with one attached hydrogen (secondary N) is 1. The maximum Gasteiger partial charge on any atom is 0.260 e. The molecule has 1 aromatic carbocycles. The van der Waals surface area contributed by atoms with Crippen molar-refractivity contribution in [2.24, 2.45) is 0 Å². The fraction of sp³-hybridized carbons (Fsp3) is 0.462. The van der Waals surface area contributed by atoms with E-state index in [2.05, 4.69) is 5.32 Å². The molecule has 0 aromatic heterocycles. The molecule has 0 saturated carbocycles. The lowest BCUT2D eigenvalue weighted by Crippen LogP contribution is -2.36. The minimum atomic E-state index is -0.451. The van der Waals surface area contributed by atoms with Crippen molar-refractivity contribution in [2.45, 2.75) is 33.3 Å². The third kappa shape index (κ3) is 3.93. The van der Waals surface area contributed by atoms with Crippen LogP contribution >= 0.6 is 0 Å². The van der Waals surface area contributed by atoms with Gasteiger partial charge in [-0.3, -0.25) is 4.79 Å². The highest BCUT2D eigenvalue weighted by Crippen LogP contribution is 2.14. The number of benzene rings is 1. The molecule has 1 aromatic rings. The van der Waals surface area contributed by atoms with Gasteiger partial charge in [0.15, 0.2) is 6.10 Å². The van der Waals surface area contributed by atoms with Gasteiger partial charge in [-0.15, -0.1) is 0 Å². The Hall–Kier alpha value is -1.51. The summed E-state index contributed by atoms with van der Waals surface area (Å²) in [5, 5.41) is 2.80. The molecule has 3 nitrogen and oxygen atoms in total. The Labute approximate surface area is 96.8 Å². The zero-order valence-corrected chi connectivity index (χ0v) is 10.1. The fourth-order valence-corrected chi connectivity index (χ4v) is 1.34. The lowest BCUT2D eigenvalue weighted by atomic mass is 10.2. The molecule has 0 aliphatic heterocycles. The van der Waals surface area contributed by atoms with Gasteiger partial charge in [0.1, 0.15) is 5.75 Å². The summed E-state index contributed by atoms with van der Waals surface area (Å²) in [6.45, 7) is 6.47. The lowest BCUT2D eigenvalue weighted by Gasteiger charge is -2.14. The van der Waals surface area contributed by atoms with Crippen LogP contribution < -0.4 is 10.1 Å². The first-order valence-electron chi connectivity index (χ1n) is 5.64. The maximum absolute atomic E-state index is 11.6. The van der Waals surface area contributed by atoms with E-state index in [4.69, 9.17) is 4.74 Å². The third-order valence-electron chi connectivity index (χ3n) is 2.22. The van der Waals surface area contributed by atoms with E-state index in [1.807, 2.05) is 38.1 Å². The molecular weight excluding hydrogens is 202 g/mol. The summed E-state index contributed by atoms with van der Waals surface area (Å²) in [5.74, 6) is 0.669. The van der Waals surface area contributed by atoms with Crippen LogP contribution in [0.3, 0.4) is 0 Å². The molecule has 0 aliphatic rings. The second-order valence-electron chi connectivity index (χ2n) is 3.87. The SMILES string of the molecule is CCCNC(=O)[C@H](C)Oc1cccc(C)c1. The lowest BCUT2D eigenvalue weighted by molar-refractivity contribution is -0.127. The van der Waals surface area contributed by atoms with E-state index in [9.17, 15) is 4.79 Å². The quantitative estimate of drug-likeness (QED) is 0.828. The normalized spacial score (nSPS) is 11.9. The predicted octanol–water partition coefficient (Wildman–Crippen LogP) is 2.29. The smallest absolute Gasteiger partial charge is 0.260 e. The van der Waals surface area contributed by atoms with Crippen molar-refractivity contribution in [2.75, 3.05) is 6.54 Å². The Bertz CT molecular complexity index is 350. The van der Waals surface area contributed by atoms with Crippen LogP contribution in [0, 0.1) is 6.92 Å². The van der Waals surface area contributed by atoms with Crippen molar-refractivity contribution in [3.63, 3.8) is 0 Å². The van der Waals surface area contributed by atoms with E-state index in [1.165, 1.54) is 0 Å². The topological polar surface area (TPSA) is 38.3 Å². The average Bonchev–Trinajstić information content (AvgIpc) is 2.25. The van der Waals surface area contributed by atoms with Crippen molar-refractivity contribution in [1.82, 2.24) is 5.32 Å². The van der Waals surface area contributed by atoms with Gasteiger partial charge < -0.3 is 10.1 Å². The van der Waals surface area contributed by atoms with E-state index in [0.29, 0.717) is 6.54 Å². The first kappa shape index (κ1) is 12.6. The number of aryl methyl sites for hydroxylation is 1. The molecule has 1 N–H and O–H groups in total. The predicted molar refractivity (Wildman–Crippen MR) is 64.6 cm³/mol. The Morgan fingerprint density at radius 3 is 2.88 bits per heavy atom. The van der Waals surface area contributed by atoms with Gasteiger partial charge in [0.05, 0.1) is 0 Å². The number of amides is 1. The highest BCUT2D eigenvalue weighted by molar-refractivity contribution is 5.80.